The van der Waals surface area contributed by atoms with E-state index in [4.69, 9.17) is 0 Å². The standard InChI is InChI=1S/C15H17N3O/c1-11-7-6-8-12(2)14(11)16-15(19)18-17-13-9-4-3-5-10-13/h3-10,17H,1-2H3,(H2,16,18,19). The van der Waals surface area contributed by atoms with Crippen LogP contribution < -0.4 is 16.2 Å². The van der Waals surface area contributed by atoms with E-state index in [2.05, 4.69) is 16.2 Å². The lowest BCUT2D eigenvalue weighted by Gasteiger charge is -2.13. The molecule has 0 aliphatic rings. The number of aryl methyl sites for hydroxylation is 2. The number of amides is 2. The van der Waals surface area contributed by atoms with Crippen molar-refractivity contribution in [2.24, 2.45) is 0 Å². The highest BCUT2D eigenvalue weighted by atomic mass is 16.2. The molecule has 19 heavy (non-hydrogen) atoms. The van der Waals surface area contributed by atoms with Crippen LogP contribution in [0.3, 0.4) is 0 Å². The van der Waals surface area contributed by atoms with Crippen molar-refractivity contribution < 1.29 is 4.79 Å². The predicted molar refractivity (Wildman–Crippen MR) is 78.1 cm³/mol. The van der Waals surface area contributed by atoms with E-state index in [1.165, 1.54) is 0 Å². The van der Waals surface area contributed by atoms with E-state index in [9.17, 15) is 4.79 Å². The lowest BCUT2D eigenvalue weighted by Crippen LogP contribution is -2.33. The van der Waals surface area contributed by atoms with Crippen LogP contribution >= 0.6 is 0 Å². The average molecular weight is 255 g/mol. The van der Waals surface area contributed by atoms with E-state index in [0.717, 1.165) is 22.5 Å². The number of hydrogen-bond donors (Lipinski definition) is 3. The topological polar surface area (TPSA) is 53.2 Å². The van der Waals surface area contributed by atoms with Crippen molar-refractivity contribution in [3.05, 3.63) is 59.7 Å². The highest BCUT2D eigenvalue weighted by Crippen LogP contribution is 2.19. The maximum atomic E-state index is 11.8. The van der Waals surface area contributed by atoms with Crippen LogP contribution in [0.15, 0.2) is 48.5 Å². The third-order valence-electron chi connectivity index (χ3n) is 2.81. The summed E-state index contributed by atoms with van der Waals surface area (Å²) < 4.78 is 0. The van der Waals surface area contributed by atoms with Gasteiger partial charge >= 0.3 is 6.03 Å². The summed E-state index contributed by atoms with van der Waals surface area (Å²) in [6.45, 7) is 3.93. The number of hydrogen-bond acceptors (Lipinski definition) is 2. The Kier molecular flexibility index (Phi) is 4.03. The Morgan fingerprint density at radius 3 is 2.16 bits per heavy atom. The first kappa shape index (κ1) is 13.0. The number of carbonyl (C=O) groups is 1. The second-order valence-corrected chi connectivity index (χ2v) is 4.34. The third kappa shape index (κ3) is 3.48. The van der Waals surface area contributed by atoms with Crippen molar-refractivity contribution in [3.63, 3.8) is 0 Å². The summed E-state index contributed by atoms with van der Waals surface area (Å²) in [5.41, 5.74) is 9.19. The van der Waals surface area contributed by atoms with Crippen LogP contribution in [-0.2, 0) is 0 Å². The number of nitrogens with one attached hydrogen (secondary N) is 3. The lowest BCUT2D eigenvalue weighted by atomic mass is 10.1. The molecule has 0 aromatic heterocycles. The zero-order valence-corrected chi connectivity index (χ0v) is 11.0. The lowest BCUT2D eigenvalue weighted by molar-refractivity contribution is 0.254. The van der Waals surface area contributed by atoms with Crippen LogP contribution in [0.1, 0.15) is 11.1 Å². The molecule has 0 aliphatic carbocycles. The number of benzene rings is 2. The quantitative estimate of drug-likeness (QED) is 0.736. The maximum absolute atomic E-state index is 11.8. The molecule has 3 N–H and O–H groups in total. The Morgan fingerprint density at radius 1 is 0.895 bits per heavy atom. The monoisotopic (exact) mass is 255 g/mol. The molecule has 0 saturated heterocycles. The molecule has 0 radical (unpaired) electrons. The second kappa shape index (κ2) is 5.91. The van der Waals surface area contributed by atoms with Crippen LogP contribution in [-0.4, -0.2) is 6.03 Å². The summed E-state index contributed by atoms with van der Waals surface area (Å²) >= 11 is 0. The van der Waals surface area contributed by atoms with Gasteiger partial charge in [-0.15, -0.1) is 0 Å². The predicted octanol–water partition coefficient (Wildman–Crippen LogP) is 3.45. The number of anilines is 2. The van der Waals surface area contributed by atoms with E-state index in [1.54, 1.807) is 0 Å². The van der Waals surface area contributed by atoms with Crippen LogP contribution in [0.4, 0.5) is 16.2 Å². The van der Waals surface area contributed by atoms with Gasteiger partial charge in [-0.25, -0.2) is 4.79 Å². The summed E-state index contributed by atoms with van der Waals surface area (Å²) in [5, 5.41) is 2.84. The van der Waals surface area contributed by atoms with Gasteiger partial charge in [0.15, 0.2) is 0 Å². The Bertz CT molecular complexity index is 547. The van der Waals surface area contributed by atoms with E-state index in [1.807, 2.05) is 62.4 Å². The molecular formula is C15H17N3O. The van der Waals surface area contributed by atoms with Crippen molar-refractivity contribution in [1.29, 1.82) is 0 Å². The van der Waals surface area contributed by atoms with E-state index < -0.39 is 0 Å². The number of rotatable bonds is 3. The fourth-order valence-corrected chi connectivity index (χ4v) is 1.81. The molecule has 2 amide bonds. The van der Waals surface area contributed by atoms with E-state index in [0.29, 0.717) is 0 Å². The summed E-state index contributed by atoms with van der Waals surface area (Å²) in [5.74, 6) is 0. The van der Waals surface area contributed by atoms with Gasteiger partial charge in [0.25, 0.3) is 0 Å². The molecule has 0 spiro atoms. The summed E-state index contributed by atoms with van der Waals surface area (Å²) in [6.07, 6.45) is 0. The minimum Gasteiger partial charge on any atom is -0.306 e. The minimum atomic E-state index is -0.291. The number of hydrazine groups is 1. The molecule has 0 bridgehead atoms. The SMILES string of the molecule is Cc1cccc(C)c1NC(=O)NNc1ccccc1. The first-order valence-corrected chi connectivity index (χ1v) is 6.11. The molecule has 4 heteroatoms. The van der Waals surface area contributed by atoms with Gasteiger partial charge in [0.05, 0.1) is 5.69 Å². The van der Waals surface area contributed by atoms with E-state index >= 15 is 0 Å². The fraction of sp³-hybridized carbons (Fsp3) is 0.133. The number of para-hydroxylation sites is 2. The summed E-state index contributed by atoms with van der Waals surface area (Å²) in [6, 6.07) is 15.1. The maximum Gasteiger partial charge on any atom is 0.337 e. The molecule has 0 atom stereocenters. The van der Waals surface area contributed by atoms with Crippen molar-refractivity contribution >= 4 is 17.4 Å². The molecule has 0 saturated carbocycles. The van der Waals surface area contributed by atoms with Gasteiger partial charge in [0, 0.05) is 5.69 Å². The van der Waals surface area contributed by atoms with Crippen molar-refractivity contribution in [2.45, 2.75) is 13.8 Å². The first-order chi connectivity index (χ1) is 9.16. The third-order valence-corrected chi connectivity index (χ3v) is 2.81. The largest absolute Gasteiger partial charge is 0.337 e. The van der Waals surface area contributed by atoms with Gasteiger partial charge in [0.2, 0.25) is 0 Å². The highest BCUT2D eigenvalue weighted by molar-refractivity contribution is 5.91. The van der Waals surface area contributed by atoms with Crippen molar-refractivity contribution in [3.8, 4) is 0 Å². The molecule has 4 nitrogen and oxygen atoms in total. The van der Waals surface area contributed by atoms with Crippen LogP contribution in [0, 0.1) is 13.8 Å². The van der Waals surface area contributed by atoms with Crippen molar-refractivity contribution in [1.82, 2.24) is 5.43 Å². The zero-order valence-electron chi connectivity index (χ0n) is 11.0. The Labute approximate surface area is 112 Å². The molecular weight excluding hydrogens is 238 g/mol. The minimum absolute atomic E-state index is 0.291. The molecule has 2 rings (SSSR count). The highest BCUT2D eigenvalue weighted by Gasteiger charge is 2.06. The van der Waals surface area contributed by atoms with Gasteiger partial charge in [-0.1, -0.05) is 36.4 Å². The molecule has 0 aliphatic heterocycles. The molecule has 0 fully saturated rings. The summed E-state index contributed by atoms with van der Waals surface area (Å²) in [7, 11) is 0. The second-order valence-electron chi connectivity index (χ2n) is 4.34. The number of carbonyl (C=O) groups excluding carboxylic acids is 1. The Morgan fingerprint density at radius 2 is 1.53 bits per heavy atom. The van der Waals surface area contributed by atoms with E-state index in [-0.39, 0.29) is 6.03 Å². The van der Waals surface area contributed by atoms with Gasteiger partial charge in [-0.3, -0.25) is 10.9 Å². The Hall–Kier alpha value is -2.49. The van der Waals surface area contributed by atoms with Gasteiger partial charge < -0.3 is 5.32 Å². The molecule has 0 unspecified atom stereocenters. The van der Waals surface area contributed by atoms with Gasteiger partial charge in [-0.2, -0.15) is 0 Å². The molecule has 0 heterocycles. The molecule has 2 aromatic rings. The van der Waals surface area contributed by atoms with Crippen LogP contribution in [0.25, 0.3) is 0 Å². The van der Waals surface area contributed by atoms with Crippen LogP contribution in [0.5, 0.6) is 0 Å². The van der Waals surface area contributed by atoms with Gasteiger partial charge in [0.1, 0.15) is 0 Å². The normalized spacial score (nSPS) is 9.79. The summed E-state index contributed by atoms with van der Waals surface area (Å²) in [4.78, 5) is 11.8. The van der Waals surface area contributed by atoms with Crippen LogP contribution in [0.2, 0.25) is 0 Å². The number of urea groups is 1. The fourth-order valence-electron chi connectivity index (χ4n) is 1.81. The zero-order chi connectivity index (χ0) is 13.7. The smallest absolute Gasteiger partial charge is 0.306 e. The Balaban J connectivity index is 1.95. The molecule has 98 valence electrons. The average Bonchev–Trinajstić information content (AvgIpc) is 2.42. The first-order valence-electron chi connectivity index (χ1n) is 6.11. The van der Waals surface area contributed by atoms with Gasteiger partial charge in [-0.05, 0) is 37.1 Å². The van der Waals surface area contributed by atoms with Crippen molar-refractivity contribution in [2.75, 3.05) is 10.7 Å². The molecule has 2 aromatic carbocycles.